The average Bonchev–Trinajstić information content (AvgIpc) is 2.73. The van der Waals surface area contributed by atoms with Gasteiger partial charge >= 0.3 is 6.03 Å². The summed E-state index contributed by atoms with van der Waals surface area (Å²) in [6.07, 6.45) is 0. The van der Waals surface area contributed by atoms with E-state index in [-0.39, 0.29) is 17.4 Å². The number of hydrogen-bond donors (Lipinski definition) is 1. The Morgan fingerprint density at radius 2 is 1.55 bits per heavy atom. The second-order valence-corrected chi connectivity index (χ2v) is 8.27. The molecule has 1 fully saturated rings. The quantitative estimate of drug-likeness (QED) is 0.855. The van der Waals surface area contributed by atoms with E-state index in [1.807, 2.05) is 30.3 Å². The van der Waals surface area contributed by atoms with Crippen LogP contribution in [0.5, 0.6) is 5.75 Å². The van der Waals surface area contributed by atoms with Crippen molar-refractivity contribution in [3.63, 3.8) is 0 Å². The largest absolute Gasteiger partial charge is 0.497 e. The third kappa shape index (κ3) is 5.08. The first-order valence-electron chi connectivity index (χ1n) is 9.88. The van der Waals surface area contributed by atoms with Gasteiger partial charge in [-0.05, 0) is 41.3 Å². The van der Waals surface area contributed by atoms with E-state index in [9.17, 15) is 9.59 Å². The summed E-state index contributed by atoms with van der Waals surface area (Å²) in [5, 5.41) is 2.95. The van der Waals surface area contributed by atoms with Crippen LogP contribution in [0.15, 0.2) is 48.5 Å². The molecule has 6 nitrogen and oxygen atoms in total. The number of nitrogens with one attached hydrogen (secondary N) is 1. The van der Waals surface area contributed by atoms with Gasteiger partial charge in [0.25, 0.3) is 5.91 Å². The smallest absolute Gasteiger partial charge is 0.321 e. The van der Waals surface area contributed by atoms with Crippen molar-refractivity contribution in [3.8, 4) is 5.75 Å². The van der Waals surface area contributed by atoms with E-state index in [2.05, 4.69) is 26.1 Å². The Hall–Kier alpha value is -3.02. The van der Waals surface area contributed by atoms with Crippen LogP contribution in [0.25, 0.3) is 0 Å². The zero-order valence-electron chi connectivity index (χ0n) is 17.6. The summed E-state index contributed by atoms with van der Waals surface area (Å²) in [5.41, 5.74) is 2.67. The molecular formula is C23H29N3O3. The highest BCUT2D eigenvalue weighted by Gasteiger charge is 2.25. The van der Waals surface area contributed by atoms with Gasteiger partial charge in [-0.3, -0.25) is 4.79 Å². The van der Waals surface area contributed by atoms with Crippen LogP contribution in [0.1, 0.15) is 36.7 Å². The Labute approximate surface area is 172 Å². The van der Waals surface area contributed by atoms with Gasteiger partial charge in [-0.2, -0.15) is 0 Å². The monoisotopic (exact) mass is 395 g/mol. The number of anilines is 1. The van der Waals surface area contributed by atoms with Gasteiger partial charge in [0, 0.05) is 37.4 Å². The molecule has 1 aliphatic rings. The fourth-order valence-corrected chi connectivity index (χ4v) is 3.31. The Morgan fingerprint density at radius 3 is 2.14 bits per heavy atom. The Morgan fingerprint density at radius 1 is 0.931 bits per heavy atom. The fourth-order valence-electron chi connectivity index (χ4n) is 3.31. The number of nitrogens with zero attached hydrogens (tertiary/aromatic N) is 2. The molecule has 1 heterocycles. The number of amides is 3. The lowest BCUT2D eigenvalue weighted by molar-refractivity contribution is 0.0671. The number of methoxy groups -OCH3 is 1. The van der Waals surface area contributed by atoms with E-state index < -0.39 is 0 Å². The summed E-state index contributed by atoms with van der Waals surface area (Å²) in [4.78, 5) is 28.8. The van der Waals surface area contributed by atoms with Crippen LogP contribution in [-0.2, 0) is 5.41 Å². The number of carbonyl (C=O) groups is 2. The van der Waals surface area contributed by atoms with Crippen molar-refractivity contribution in [1.29, 1.82) is 0 Å². The zero-order valence-corrected chi connectivity index (χ0v) is 17.6. The Bertz CT molecular complexity index is 864. The van der Waals surface area contributed by atoms with Crippen molar-refractivity contribution in [2.75, 3.05) is 38.6 Å². The molecule has 0 radical (unpaired) electrons. The van der Waals surface area contributed by atoms with Gasteiger partial charge in [0.2, 0.25) is 0 Å². The molecule has 3 amide bonds. The highest BCUT2D eigenvalue weighted by Crippen LogP contribution is 2.23. The van der Waals surface area contributed by atoms with E-state index in [1.54, 1.807) is 35.1 Å². The molecule has 1 N–H and O–H groups in total. The zero-order chi connectivity index (χ0) is 21.0. The Balaban J connectivity index is 1.54. The third-order valence-corrected chi connectivity index (χ3v) is 5.17. The summed E-state index contributed by atoms with van der Waals surface area (Å²) >= 11 is 0. The van der Waals surface area contributed by atoms with Crippen molar-refractivity contribution in [3.05, 3.63) is 59.7 Å². The number of rotatable bonds is 3. The molecular weight excluding hydrogens is 366 g/mol. The summed E-state index contributed by atoms with van der Waals surface area (Å²) in [5.74, 6) is 0.619. The minimum atomic E-state index is -0.137. The summed E-state index contributed by atoms with van der Waals surface area (Å²) in [7, 11) is 1.58. The van der Waals surface area contributed by atoms with Crippen LogP contribution >= 0.6 is 0 Å². The standard InChI is InChI=1S/C23H29N3O3/c1-23(2,3)18-8-10-19(11-9-18)24-22(28)26-14-12-25(13-15-26)21(27)17-6-5-7-20(16-17)29-4/h5-11,16H,12-15H2,1-4H3,(H,24,28). The summed E-state index contributed by atoms with van der Waals surface area (Å²) < 4.78 is 5.19. The average molecular weight is 396 g/mol. The van der Waals surface area contributed by atoms with E-state index in [0.717, 1.165) is 5.69 Å². The maximum Gasteiger partial charge on any atom is 0.321 e. The summed E-state index contributed by atoms with van der Waals surface area (Å²) in [6.45, 7) is 8.49. The van der Waals surface area contributed by atoms with Crippen LogP contribution in [0.4, 0.5) is 10.5 Å². The molecule has 0 aromatic heterocycles. The predicted octanol–water partition coefficient (Wildman–Crippen LogP) is 3.98. The maximum atomic E-state index is 12.7. The van der Waals surface area contributed by atoms with Crippen molar-refractivity contribution < 1.29 is 14.3 Å². The van der Waals surface area contributed by atoms with E-state index in [1.165, 1.54) is 5.56 Å². The molecule has 0 saturated carbocycles. The fraction of sp³-hybridized carbons (Fsp3) is 0.391. The van der Waals surface area contributed by atoms with Crippen molar-refractivity contribution in [2.45, 2.75) is 26.2 Å². The second kappa shape index (κ2) is 8.55. The highest BCUT2D eigenvalue weighted by atomic mass is 16.5. The van der Waals surface area contributed by atoms with E-state index in [4.69, 9.17) is 4.74 Å². The summed E-state index contributed by atoms with van der Waals surface area (Å²) in [6, 6.07) is 15.0. The van der Waals surface area contributed by atoms with Gasteiger partial charge < -0.3 is 19.9 Å². The van der Waals surface area contributed by atoms with Crippen molar-refractivity contribution >= 4 is 17.6 Å². The van der Waals surface area contributed by atoms with E-state index in [0.29, 0.717) is 37.5 Å². The van der Waals surface area contributed by atoms with Crippen LogP contribution in [0, 0.1) is 0 Å². The molecule has 3 rings (SSSR count). The molecule has 2 aromatic carbocycles. The van der Waals surface area contributed by atoms with Gasteiger partial charge in [0.05, 0.1) is 7.11 Å². The van der Waals surface area contributed by atoms with Crippen LogP contribution < -0.4 is 10.1 Å². The van der Waals surface area contributed by atoms with Crippen LogP contribution in [0.3, 0.4) is 0 Å². The van der Waals surface area contributed by atoms with Gasteiger partial charge in [-0.1, -0.05) is 39.0 Å². The van der Waals surface area contributed by atoms with Gasteiger partial charge in [0.15, 0.2) is 0 Å². The molecule has 29 heavy (non-hydrogen) atoms. The van der Waals surface area contributed by atoms with Crippen molar-refractivity contribution in [2.24, 2.45) is 0 Å². The Kier molecular flexibility index (Phi) is 6.11. The second-order valence-electron chi connectivity index (χ2n) is 8.27. The van der Waals surface area contributed by atoms with Crippen LogP contribution in [-0.4, -0.2) is 55.0 Å². The first kappa shape index (κ1) is 20.7. The highest BCUT2D eigenvalue weighted by molar-refractivity contribution is 5.95. The van der Waals surface area contributed by atoms with Gasteiger partial charge in [0.1, 0.15) is 5.75 Å². The molecule has 0 unspecified atom stereocenters. The lowest BCUT2D eigenvalue weighted by Gasteiger charge is -2.34. The van der Waals surface area contributed by atoms with Gasteiger partial charge in [-0.15, -0.1) is 0 Å². The SMILES string of the molecule is COc1cccc(C(=O)N2CCN(C(=O)Nc3ccc(C(C)(C)C)cc3)CC2)c1. The molecule has 1 aliphatic heterocycles. The molecule has 154 valence electrons. The first-order valence-corrected chi connectivity index (χ1v) is 9.88. The molecule has 6 heteroatoms. The molecule has 2 aromatic rings. The molecule has 0 aliphatic carbocycles. The predicted molar refractivity (Wildman–Crippen MR) is 115 cm³/mol. The molecule has 0 atom stereocenters. The van der Waals surface area contributed by atoms with Crippen molar-refractivity contribution in [1.82, 2.24) is 9.80 Å². The minimum Gasteiger partial charge on any atom is -0.497 e. The first-order chi connectivity index (χ1) is 13.8. The number of hydrogen-bond acceptors (Lipinski definition) is 3. The molecule has 1 saturated heterocycles. The number of benzene rings is 2. The molecule has 0 spiro atoms. The maximum absolute atomic E-state index is 12.7. The lowest BCUT2D eigenvalue weighted by Crippen LogP contribution is -2.51. The lowest BCUT2D eigenvalue weighted by atomic mass is 9.87. The number of carbonyl (C=O) groups excluding carboxylic acids is 2. The van der Waals surface area contributed by atoms with E-state index >= 15 is 0 Å². The third-order valence-electron chi connectivity index (χ3n) is 5.17. The topological polar surface area (TPSA) is 61.9 Å². The number of urea groups is 1. The minimum absolute atomic E-state index is 0.0401. The normalized spacial score (nSPS) is 14.5. The number of ether oxygens (including phenoxy) is 1. The number of piperazine rings is 1. The van der Waals surface area contributed by atoms with Crippen LogP contribution in [0.2, 0.25) is 0 Å². The molecule has 0 bridgehead atoms. The van der Waals surface area contributed by atoms with Gasteiger partial charge in [-0.25, -0.2) is 4.79 Å².